The molecule has 0 unspecified atom stereocenters. The van der Waals surface area contributed by atoms with Crippen LogP contribution in [0.1, 0.15) is 50.3 Å². The van der Waals surface area contributed by atoms with Gasteiger partial charge in [0.25, 0.3) is 11.8 Å². The van der Waals surface area contributed by atoms with Crippen LogP contribution in [0.15, 0.2) is 18.2 Å². The SMILES string of the molecule is NC(=O)c1ccc(N2CCCCC2)c(N2C(=O)c3c(Cl)c(Cl)c(Cl)c(Cl)c3C2=O)c1. The zero-order chi connectivity index (χ0) is 21.7. The van der Waals surface area contributed by atoms with Crippen molar-refractivity contribution in [2.24, 2.45) is 5.73 Å². The van der Waals surface area contributed by atoms with Crippen LogP contribution in [0.3, 0.4) is 0 Å². The molecule has 0 spiro atoms. The number of halogens is 4. The Morgan fingerprint density at radius 3 is 1.83 bits per heavy atom. The zero-order valence-electron chi connectivity index (χ0n) is 15.5. The summed E-state index contributed by atoms with van der Waals surface area (Å²) in [6.45, 7) is 1.51. The van der Waals surface area contributed by atoms with E-state index in [2.05, 4.69) is 4.90 Å². The maximum atomic E-state index is 13.3. The molecule has 0 atom stereocenters. The van der Waals surface area contributed by atoms with E-state index < -0.39 is 17.7 Å². The van der Waals surface area contributed by atoms with Gasteiger partial charge >= 0.3 is 0 Å². The first-order valence-electron chi connectivity index (χ1n) is 9.17. The third kappa shape index (κ3) is 3.23. The van der Waals surface area contributed by atoms with Crippen molar-refractivity contribution in [3.05, 3.63) is 55.0 Å². The summed E-state index contributed by atoms with van der Waals surface area (Å²) in [5, 5.41) is -0.501. The van der Waals surface area contributed by atoms with Gasteiger partial charge in [0.2, 0.25) is 5.91 Å². The molecule has 0 aliphatic carbocycles. The molecule has 30 heavy (non-hydrogen) atoms. The summed E-state index contributed by atoms with van der Waals surface area (Å²) in [5.74, 6) is -2.07. The summed E-state index contributed by atoms with van der Waals surface area (Å²) in [6, 6.07) is 4.69. The van der Waals surface area contributed by atoms with Crippen LogP contribution in [0, 0.1) is 0 Å². The third-order valence-electron chi connectivity index (χ3n) is 5.30. The van der Waals surface area contributed by atoms with Gasteiger partial charge in [0, 0.05) is 18.7 Å². The molecule has 1 fully saturated rings. The van der Waals surface area contributed by atoms with Crippen molar-refractivity contribution in [1.82, 2.24) is 0 Å². The number of hydrogen-bond donors (Lipinski definition) is 1. The topological polar surface area (TPSA) is 83.7 Å². The van der Waals surface area contributed by atoms with Crippen molar-refractivity contribution in [1.29, 1.82) is 0 Å². The average Bonchev–Trinajstić information content (AvgIpc) is 3.01. The van der Waals surface area contributed by atoms with E-state index in [1.807, 2.05) is 0 Å². The van der Waals surface area contributed by atoms with Gasteiger partial charge in [0.15, 0.2) is 0 Å². The number of rotatable bonds is 3. The number of nitrogens with two attached hydrogens (primary N) is 1. The Hall–Kier alpha value is -1.99. The van der Waals surface area contributed by atoms with Gasteiger partial charge in [-0.2, -0.15) is 0 Å². The maximum Gasteiger partial charge on any atom is 0.267 e. The highest BCUT2D eigenvalue weighted by Crippen LogP contribution is 2.47. The molecule has 2 N–H and O–H groups in total. The van der Waals surface area contributed by atoms with Crippen molar-refractivity contribution < 1.29 is 14.4 Å². The van der Waals surface area contributed by atoms with Crippen molar-refractivity contribution in [3.8, 4) is 0 Å². The van der Waals surface area contributed by atoms with Crippen molar-refractivity contribution in [2.45, 2.75) is 19.3 Å². The summed E-state index contributed by atoms with van der Waals surface area (Å²) in [7, 11) is 0. The number of fused-ring (bicyclic) bond motifs is 1. The van der Waals surface area contributed by atoms with Crippen LogP contribution in [-0.4, -0.2) is 30.8 Å². The fourth-order valence-electron chi connectivity index (χ4n) is 3.83. The minimum atomic E-state index is -0.694. The number of piperidine rings is 1. The van der Waals surface area contributed by atoms with Gasteiger partial charge in [0.05, 0.1) is 42.6 Å². The van der Waals surface area contributed by atoms with E-state index in [4.69, 9.17) is 52.1 Å². The Morgan fingerprint density at radius 2 is 1.33 bits per heavy atom. The van der Waals surface area contributed by atoms with Crippen LogP contribution in [0.4, 0.5) is 11.4 Å². The number of nitrogens with zero attached hydrogens (tertiary/aromatic N) is 2. The fraction of sp³-hybridized carbons (Fsp3) is 0.250. The lowest BCUT2D eigenvalue weighted by atomic mass is 10.1. The number of carbonyl (C=O) groups is 3. The van der Waals surface area contributed by atoms with Crippen LogP contribution in [-0.2, 0) is 0 Å². The lowest BCUT2D eigenvalue weighted by molar-refractivity contribution is 0.0923. The highest BCUT2D eigenvalue weighted by atomic mass is 35.5. The van der Waals surface area contributed by atoms with E-state index in [0.717, 1.165) is 37.3 Å². The monoisotopic (exact) mass is 485 g/mol. The Morgan fingerprint density at radius 1 is 0.800 bits per heavy atom. The van der Waals surface area contributed by atoms with Crippen LogP contribution in [0.25, 0.3) is 0 Å². The molecule has 0 aromatic heterocycles. The Bertz CT molecular complexity index is 1070. The molecular weight excluding hydrogens is 472 g/mol. The third-order valence-corrected chi connectivity index (χ3v) is 7.10. The number of carbonyl (C=O) groups excluding carboxylic acids is 3. The van der Waals surface area contributed by atoms with E-state index in [9.17, 15) is 14.4 Å². The van der Waals surface area contributed by atoms with Crippen molar-refractivity contribution in [3.63, 3.8) is 0 Å². The highest BCUT2D eigenvalue weighted by Gasteiger charge is 2.43. The van der Waals surface area contributed by atoms with Crippen LogP contribution in [0.5, 0.6) is 0 Å². The molecule has 156 valence electrons. The second-order valence-corrected chi connectivity index (χ2v) is 8.58. The Balaban J connectivity index is 1.91. The Labute approximate surface area is 192 Å². The minimum Gasteiger partial charge on any atom is -0.370 e. The van der Waals surface area contributed by atoms with E-state index in [0.29, 0.717) is 5.69 Å². The normalized spacial score (nSPS) is 16.3. The fourth-order valence-corrected chi connectivity index (χ4v) is 4.84. The second-order valence-electron chi connectivity index (χ2n) is 7.07. The summed E-state index contributed by atoms with van der Waals surface area (Å²) in [6.07, 6.45) is 3.05. The lowest BCUT2D eigenvalue weighted by Gasteiger charge is -2.32. The molecular formula is C20H15Cl4N3O3. The van der Waals surface area contributed by atoms with Crippen molar-refractivity contribution >= 4 is 75.5 Å². The molecule has 1 saturated heterocycles. The van der Waals surface area contributed by atoms with Gasteiger partial charge in [-0.15, -0.1) is 0 Å². The Kier molecular flexibility index (Phi) is 5.62. The van der Waals surface area contributed by atoms with E-state index >= 15 is 0 Å². The van der Waals surface area contributed by atoms with E-state index in [-0.39, 0.29) is 42.5 Å². The number of primary amides is 1. The van der Waals surface area contributed by atoms with Gasteiger partial charge in [-0.05, 0) is 37.5 Å². The van der Waals surface area contributed by atoms with Gasteiger partial charge in [-0.3, -0.25) is 14.4 Å². The lowest BCUT2D eigenvalue weighted by Crippen LogP contribution is -2.35. The summed E-state index contributed by atoms with van der Waals surface area (Å²) in [4.78, 5) is 41.4. The van der Waals surface area contributed by atoms with Crippen LogP contribution in [0.2, 0.25) is 20.1 Å². The molecule has 0 saturated carbocycles. The number of imide groups is 1. The van der Waals surface area contributed by atoms with Gasteiger partial charge < -0.3 is 10.6 Å². The van der Waals surface area contributed by atoms with Crippen LogP contribution >= 0.6 is 46.4 Å². The number of benzene rings is 2. The number of amides is 3. The summed E-state index contributed by atoms with van der Waals surface area (Å²) < 4.78 is 0. The average molecular weight is 487 g/mol. The zero-order valence-corrected chi connectivity index (χ0v) is 18.5. The van der Waals surface area contributed by atoms with E-state index in [1.165, 1.54) is 6.07 Å². The van der Waals surface area contributed by atoms with Crippen molar-refractivity contribution in [2.75, 3.05) is 22.9 Å². The molecule has 2 aliphatic rings. The van der Waals surface area contributed by atoms with Gasteiger partial charge in [-0.1, -0.05) is 46.4 Å². The summed E-state index contributed by atoms with van der Waals surface area (Å²) >= 11 is 24.7. The standard InChI is InChI=1S/C20H15Cl4N3O3/c21-14-12-13(15(22)17(24)16(14)23)20(30)27(19(12)29)11-8-9(18(25)28)4-5-10(11)26-6-2-1-3-7-26/h4-5,8H,1-3,6-7H2,(H2,25,28). The molecule has 10 heteroatoms. The highest BCUT2D eigenvalue weighted by molar-refractivity contribution is 6.56. The molecule has 2 heterocycles. The largest absolute Gasteiger partial charge is 0.370 e. The summed E-state index contributed by atoms with van der Waals surface area (Å²) in [5.41, 5.74) is 6.24. The molecule has 3 amide bonds. The predicted molar refractivity (Wildman–Crippen MR) is 119 cm³/mol. The van der Waals surface area contributed by atoms with Gasteiger partial charge in [-0.25, -0.2) is 4.90 Å². The molecule has 0 radical (unpaired) electrons. The molecule has 2 aromatic rings. The second kappa shape index (κ2) is 7.93. The van der Waals surface area contributed by atoms with E-state index in [1.54, 1.807) is 12.1 Å². The molecule has 2 aliphatic heterocycles. The number of anilines is 2. The smallest absolute Gasteiger partial charge is 0.267 e. The number of hydrogen-bond acceptors (Lipinski definition) is 4. The van der Waals surface area contributed by atoms with Gasteiger partial charge in [0.1, 0.15) is 0 Å². The first-order valence-corrected chi connectivity index (χ1v) is 10.7. The predicted octanol–water partition coefficient (Wildman–Crippen LogP) is 5.19. The molecule has 0 bridgehead atoms. The minimum absolute atomic E-state index is 0.104. The quantitative estimate of drug-likeness (QED) is 0.367. The first-order chi connectivity index (χ1) is 14.2. The first kappa shape index (κ1) is 21.2. The molecule has 2 aromatic carbocycles. The molecule has 4 rings (SSSR count). The van der Waals surface area contributed by atoms with Crippen LogP contribution < -0.4 is 15.5 Å². The maximum absolute atomic E-state index is 13.3. The molecule has 6 nitrogen and oxygen atoms in total.